The summed E-state index contributed by atoms with van der Waals surface area (Å²) < 4.78 is 15.2. The van der Waals surface area contributed by atoms with Crippen molar-refractivity contribution in [3.05, 3.63) is 47.4 Å². The van der Waals surface area contributed by atoms with Crippen LogP contribution in [0.15, 0.2) is 41.8 Å². The van der Waals surface area contributed by atoms with E-state index in [0.717, 1.165) is 24.2 Å². The van der Waals surface area contributed by atoms with Gasteiger partial charge in [0.1, 0.15) is 0 Å². The van der Waals surface area contributed by atoms with Gasteiger partial charge in [0.15, 0.2) is 0 Å². The van der Waals surface area contributed by atoms with Crippen LogP contribution in [0, 0.1) is 16.7 Å². The number of carbonyl (C=O) groups is 1. The quantitative estimate of drug-likeness (QED) is 0.150. The molecule has 0 bridgehead atoms. The summed E-state index contributed by atoms with van der Waals surface area (Å²) in [7, 11) is 0. The molecule has 10 heteroatoms. The molecule has 8 nitrogen and oxygen atoms in total. The maximum Gasteiger partial charge on any atom is 0.383 e. The van der Waals surface area contributed by atoms with E-state index in [1.165, 1.54) is 0 Å². The molecule has 34 heavy (non-hydrogen) atoms. The van der Waals surface area contributed by atoms with Crippen LogP contribution in [0.4, 0.5) is 0 Å². The lowest BCUT2D eigenvalue weighted by Crippen LogP contribution is -2.38. The second-order valence-electron chi connectivity index (χ2n) is 7.53. The summed E-state index contributed by atoms with van der Waals surface area (Å²) in [4.78, 5) is 12.9. The molecule has 0 aliphatic rings. The fourth-order valence-electron chi connectivity index (χ4n) is 2.88. The van der Waals surface area contributed by atoms with Crippen LogP contribution in [-0.4, -0.2) is 61.1 Å². The van der Waals surface area contributed by atoms with E-state index in [1.807, 2.05) is 35.7 Å². The van der Waals surface area contributed by atoms with Gasteiger partial charge < -0.3 is 25.3 Å². The first kappa shape index (κ1) is 29.9. The van der Waals surface area contributed by atoms with Gasteiger partial charge in [0.25, 0.3) is 0 Å². The maximum absolute atomic E-state index is 12.9. The number of nitrogens with two attached hydrogens (primary N) is 1. The standard InChI is InChI=1S/C24H38N4O4S2/c1-4-30-24(27)32-18(2)31-22(26)16-28-23(29)20(15-19-9-6-5-7-10-19)17-34-13-8-11-21(25)12-14-33-3/h5-10,13,18,20-21,26-27H,4,11-12,14-17,25H2,1-3H3,(H,28,29)/b13-8-,26-22?,27-24?/t18?,20-,21-/m1/s1. The van der Waals surface area contributed by atoms with Crippen molar-refractivity contribution in [2.75, 3.05) is 30.9 Å². The van der Waals surface area contributed by atoms with Gasteiger partial charge in [0.05, 0.1) is 19.1 Å². The van der Waals surface area contributed by atoms with E-state index in [2.05, 4.69) is 17.6 Å². The van der Waals surface area contributed by atoms with Gasteiger partial charge in [-0.3, -0.25) is 10.2 Å². The third kappa shape index (κ3) is 14.2. The van der Waals surface area contributed by atoms with Crippen molar-refractivity contribution in [2.45, 2.75) is 45.4 Å². The van der Waals surface area contributed by atoms with E-state index in [0.29, 0.717) is 18.8 Å². The molecular formula is C24H38N4O4S2. The second-order valence-corrected chi connectivity index (χ2v) is 9.46. The highest BCUT2D eigenvalue weighted by atomic mass is 32.2. The van der Waals surface area contributed by atoms with Crippen molar-refractivity contribution in [3.8, 4) is 0 Å². The number of thioether (sulfide) groups is 2. The zero-order valence-corrected chi connectivity index (χ0v) is 21.9. The van der Waals surface area contributed by atoms with E-state index < -0.39 is 6.29 Å². The predicted octanol–water partition coefficient (Wildman–Crippen LogP) is 4.01. The van der Waals surface area contributed by atoms with Crippen LogP contribution < -0.4 is 11.1 Å². The molecule has 190 valence electrons. The third-order valence-electron chi connectivity index (χ3n) is 4.60. The smallest absolute Gasteiger partial charge is 0.383 e. The molecule has 0 aliphatic carbocycles. The van der Waals surface area contributed by atoms with Crippen molar-refractivity contribution in [1.29, 1.82) is 10.8 Å². The molecule has 1 aromatic carbocycles. The minimum absolute atomic E-state index is 0.0649. The number of carbonyl (C=O) groups excluding carboxylic acids is 1. The topological polar surface area (TPSA) is 131 Å². The fourth-order valence-corrected chi connectivity index (χ4v) is 4.28. The first-order chi connectivity index (χ1) is 16.3. The Hall–Kier alpha value is -2.17. The van der Waals surface area contributed by atoms with Crippen molar-refractivity contribution in [2.24, 2.45) is 11.7 Å². The Morgan fingerprint density at radius 2 is 1.97 bits per heavy atom. The molecule has 3 atom stereocenters. The normalized spacial score (nSPS) is 13.6. The van der Waals surface area contributed by atoms with E-state index in [-0.39, 0.29) is 36.4 Å². The first-order valence-electron chi connectivity index (χ1n) is 11.3. The van der Waals surface area contributed by atoms with Gasteiger partial charge >= 0.3 is 6.08 Å². The summed E-state index contributed by atoms with van der Waals surface area (Å²) in [5.41, 5.74) is 7.18. The van der Waals surface area contributed by atoms with Gasteiger partial charge in [-0.15, -0.1) is 11.8 Å². The van der Waals surface area contributed by atoms with Crippen LogP contribution in [0.1, 0.15) is 32.3 Å². The molecule has 0 saturated heterocycles. The molecule has 0 fully saturated rings. The van der Waals surface area contributed by atoms with Gasteiger partial charge in [-0.1, -0.05) is 36.4 Å². The highest BCUT2D eigenvalue weighted by Gasteiger charge is 2.20. The van der Waals surface area contributed by atoms with Crippen LogP contribution in [0.2, 0.25) is 0 Å². The van der Waals surface area contributed by atoms with Crippen molar-refractivity contribution in [3.63, 3.8) is 0 Å². The average Bonchev–Trinajstić information content (AvgIpc) is 2.80. The lowest BCUT2D eigenvalue weighted by Gasteiger charge is -2.19. The van der Waals surface area contributed by atoms with Crippen LogP contribution in [0.25, 0.3) is 0 Å². The summed E-state index contributed by atoms with van der Waals surface area (Å²) in [6.07, 6.45) is 5.31. The predicted molar refractivity (Wildman–Crippen MR) is 143 cm³/mol. The largest absolute Gasteiger partial charge is 0.451 e. The minimum Gasteiger partial charge on any atom is -0.451 e. The van der Waals surface area contributed by atoms with Crippen LogP contribution in [0.5, 0.6) is 0 Å². The monoisotopic (exact) mass is 510 g/mol. The zero-order chi connectivity index (χ0) is 25.2. The minimum atomic E-state index is -0.869. The molecule has 1 aromatic rings. The maximum atomic E-state index is 12.9. The number of amides is 1. The molecule has 0 heterocycles. The number of hydrogen-bond acceptors (Lipinski definition) is 9. The number of ether oxygens (including phenoxy) is 3. The van der Waals surface area contributed by atoms with Crippen molar-refractivity contribution >= 4 is 41.4 Å². The molecule has 1 unspecified atom stereocenters. The number of rotatable bonds is 16. The molecule has 1 amide bonds. The summed E-state index contributed by atoms with van der Waals surface area (Å²) in [5, 5.41) is 20.2. The van der Waals surface area contributed by atoms with Gasteiger partial charge in [-0.05, 0) is 49.2 Å². The SMILES string of the molecule is CCOC(=N)OC(C)OC(=N)CNC(=O)[C@@H](CS/C=C\C[C@@H](N)CCSC)Cc1ccccc1. The van der Waals surface area contributed by atoms with Gasteiger partial charge in [0.2, 0.25) is 18.1 Å². The molecule has 0 aliphatic heterocycles. The number of benzene rings is 1. The molecule has 1 rings (SSSR count). The Balaban J connectivity index is 2.55. The Morgan fingerprint density at radius 3 is 2.65 bits per heavy atom. The van der Waals surface area contributed by atoms with Gasteiger partial charge in [0, 0.05) is 18.7 Å². The van der Waals surface area contributed by atoms with E-state index >= 15 is 0 Å². The van der Waals surface area contributed by atoms with E-state index in [9.17, 15) is 4.79 Å². The van der Waals surface area contributed by atoms with Gasteiger partial charge in [-0.25, -0.2) is 5.41 Å². The lowest BCUT2D eigenvalue weighted by molar-refractivity contribution is -0.124. The molecule has 0 radical (unpaired) electrons. The molecule has 0 saturated carbocycles. The Bertz CT molecular complexity index is 765. The number of hydrogen-bond donors (Lipinski definition) is 4. The Morgan fingerprint density at radius 1 is 1.24 bits per heavy atom. The molecular weight excluding hydrogens is 472 g/mol. The van der Waals surface area contributed by atoms with E-state index in [1.54, 1.807) is 37.4 Å². The van der Waals surface area contributed by atoms with Crippen LogP contribution in [0.3, 0.4) is 0 Å². The van der Waals surface area contributed by atoms with Crippen LogP contribution >= 0.6 is 23.5 Å². The lowest BCUT2D eigenvalue weighted by atomic mass is 10.0. The molecule has 0 aromatic heterocycles. The highest BCUT2D eigenvalue weighted by molar-refractivity contribution is 8.02. The third-order valence-corrected chi connectivity index (χ3v) is 6.22. The van der Waals surface area contributed by atoms with Crippen LogP contribution in [-0.2, 0) is 25.4 Å². The molecule has 0 spiro atoms. The number of nitrogens with one attached hydrogen (secondary N) is 3. The fraction of sp³-hybridized carbons (Fsp3) is 0.542. The molecule has 5 N–H and O–H groups in total. The highest BCUT2D eigenvalue weighted by Crippen LogP contribution is 2.17. The summed E-state index contributed by atoms with van der Waals surface area (Å²) in [6, 6.07) is 10.0. The Kier molecular flexibility index (Phi) is 16.0. The summed E-state index contributed by atoms with van der Waals surface area (Å²) in [6.45, 7) is 3.53. The first-order valence-corrected chi connectivity index (χ1v) is 13.7. The van der Waals surface area contributed by atoms with E-state index in [4.69, 9.17) is 30.8 Å². The van der Waals surface area contributed by atoms with Gasteiger partial charge in [-0.2, -0.15) is 11.8 Å². The zero-order valence-electron chi connectivity index (χ0n) is 20.3. The Labute approximate surface area is 211 Å². The second kappa shape index (κ2) is 18.2. The summed E-state index contributed by atoms with van der Waals surface area (Å²) in [5.74, 6) is 1.09. The van der Waals surface area contributed by atoms with Crippen molar-refractivity contribution < 1.29 is 19.0 Å². The summed E-state index contributed by atoms with van der Waals surface area (Å²) >= 11 is 3.38. The van der Waals surface area contributed by atoms with Crippen molar-refractivity contribution in [1.82, 2.24) is 5.32 Å². The average molecular weight is 511 g/mol.